The number of rotatable bonds is 7. The average Bonchev–Trinajstić information content (AvgIpc) is 3.20. The number of fused-ring (bicyclic) bond motifs is 1. The van der Waals surface area contributed by atoms with Crippen molar-refractivity contribution in [3.63, 3.8) is 0 Å². The molecule has 2 heterocycles. The normalized spacial score (nSPS) is 14.5. The summed E-state index contributed by atoms with van der Waals surface area (Å²) in [7, 11) is 3.12. The Balaban J connectivity index is 1.42. The topological polar surface area (TPSA) is 82.6 Å². The third-order valence-corrected chi connectivity index (χ3v) is 5.07. The van der Waals surface area contributed by atoms with Crippen LogP contribution in [0.25, 0.3) is 11.3 Å². The van der Waals surface area contributed by atoms with Crippen molar-refractivity contribution in [2.45, 2.75) is 18.9 Å². The van der Waals surface area contributed by atoms with Gasteiger partial charge in [-0.25, -0.2) is 4.39 Å². The molecule has 8 heteroatoms. The highest BCUT2D eigenvalue weighted by molar-refractivity contribution is 5.79. The van der Waals surface area contributed by atoms with Crippen LogP contribution in [0.1, 0.15) is 11.1 Å². The second-order valence-corrected chi connectivity index (χ2v) is 7.13. The first-order chi connectivity index (χ1) is 15.1. The van der Waals surface area contributed by atoms with Gasteiger partial charge >= 0.3 is 0 Å². The number of hydrogen-bond donors (Lipinski definition) is 1. The van der Waals surface area contributed by atoms with Gasteiger partial charge in [0.1, 0.15) is 29.2 Å². The van der Waals surface area contributed by atoms with E-state index in [9.17, 15) is 9.18 Å². The molecule has 0 saturated heterocycles. The highest BCUT2D eigenvalue weighted by atomic mass is 19.1. The minimum atomic E-state index is -0.363. The number of halogens is 1. The first kappa shape index (κ1) is 20.6. The monoisotopic (exact) mass is 423 g/mol. The first-order valence-electron chi connectivity index (χ1n) is 9.80. The lowest BCUT2D eigenvalue weighted by Gasteiger charge is -2.14. The lowest BCUT2D eigenvalue weighted by molar-refractivity contribution is -0.120. The van der Waals surface area contributed by atoms with Crippen molar-refractivity contribution >= 4 is 5.91 Å². The van der Waals surface area contributed by atoms with Crippen molar-refractivity contribution in [2.75, 3.05) is 20.8 Å². The molecule has 0 aliphatic carbocycles. The van der Waals surface area contributed by atoms with Crippen LogP contribution in [0.4, 0.5) is 4.39 Å². The minimum absolute atomic E-state index is 0.138. The number of amides is 1. The van der Waals surface area contributed by atoms with Gasteiger partial charge in [-0.1, -0.05) is 0 Å². The van der Waals surface area contributed by atoms with Crippen molar-refractivity contribution in [1.82, 2.24) is 15.3 Å². The van der Waals surface area contributed by atoms with E-state index in [1.807, 2.05) is 0 Å². The third kappa shape index (κ3) is 4.58. The largest absolute Gasteiger partial charge is 0.497 e. The van der Waals surface area contributed by atoms with E-state index in [2.05, 4.69) is 15.3 Å². The summed E-state index contributed by atoms with van der Waals surface area (Å²) in [5.74, 6) is 1.31. The Morgan fingerprint density at radius 3 is 2.84 bits per heavy atom. The van der Waals surface area contributed by atoms with E-state index in [0.717, 1.165) is 11.1 Å². The molecule has 31 heavy (non-hydrogen) atoms. The molecule has 0 fully saturated rings. The van der Waals surface area contributed by atoms with Crippen LogP contribution in [-0.2, 0) is 17.6 Å². The SMILES string of the molecule is COc1ccc(OC)c(CC(=O)NC[C@@H]2Cc3cc(F)cc(-c4cnccn4)c3O2)c1. The number of aromatic nitrogens is 2. The second-order valence-electron chi connectivity index (χ2n) is 7.13. The maximum absolute atomic E-state index is 14.1. The summed E-state index contributed by atoms with van der Waals surface area (Å²) in [5, 5.41) is 2.89. The van der Waals surface area contributed by atoms with Crippen LogP contribution < -0.4 is 19.5 Å². The predicted octanol–water partition coefficient (Wildman–Crippen LogP) is 2.96. The summed E-state index contributed by atoms with van der Waals surface area (Å²) in [6.07, 6.45) is 4.99. The number of carbonyl (C=O) groups excluding carboxylic acids is 1. The fraction of sp³-hybridized carbons (Fsp3) is 0.261. The Morgan fingerprint density at radius 2 is 2.10 bits per heavy atom. The highest BCUT2D eigenvalue weighted by Crippen LogP contribution is 2.38. The Bertz CT molecular complexity index is 1090. The number of carbonyl (C=O) groups is 1. The molecule has 0 bridgehead atoms. The Hall–Kier alpha value is -3.68. The zero-order valence-electron chi connectivity index (χ0n) is 17.2. The molecule has 0 unspecified atom stereocenters. The van der Waals surface area contributed by atoms with Crippen LogP contribution in [0.3, 0.4) is 0 Å². The maximum atomic E-state index is 14.1. The van der Waals surface area contributed by atoms with Crippen molar-refractivity contribution in [1.29, 1.82) is 0 Å². The van der Waals surface area contributed by atoms with Crippen molar-refractivity contribution in [3.8, 4) is 28.5 Å². The van der Waals surface area contributed by atoms with Gasteiger partial charge in [0.05, 0.1) is 39.1 Å². The standard InChI is InChI=1S/C23H22FN3O4/c1-29-17-3-4-21(30-2)14(8-17)10-22(28)27-12-18-9-15-7-16(24)11-19(23(15)31-18)20-13-25-5-6-26-20/h3-8,11,13,18H,9-10,12H2,1-2H3,(H,27,28)/t18-/m0/s1. The molecule has 1 atom stereocenters. The first-order valence-corrected chi connectivity index (χ1v) is 9.80. The summed E-state index contributed by atoms with van der Waals surface area (Å²) in [6, 6.07) is 8.16. The van der Waals surface area contributed by atoms with Gasteiger partial charge in [-0.05, 0) is 30.3 Å². The van der Waals surface area contributed by atoms with E-state index in [4.69, 9.17) is 14.2 Å². The van der Waals surface area contributed by atoms with Gasteiger partial charge < -0.3 is 19.5 Å². The number of ether oxygens (including phenoxy) is 3. The van der Waals surface area contributed by atoms with E-state index < -0.39 is 0 Å². The summed E-state index contributed by atoms with van der Waals surface area (Å²) in [5.41, 5.74) is 2.56. The van der Waals surface area contributed by atoms with Crippen LogP contribution >= 0.6 is 0 Å². The molecule has 1 amide bonds. The number of nitrogens with one attached hydrogen (secondary N) is 1. The van der Waals surface area contributed by atoms with Gasteiger partial charge in [0, 0.05) is 35.5 Å². The Labute approximate surface area is 179 Å². The van der Waals surface area contributed by atoms with Crippen LogP contribution in [0.5, 0.6) is 17.2 Å². The number of hydrogen-bond acceptors (Lipinski definition) is 6. The third-order valence-electron chi connectivity index (χ3n) is 5.07. The fourth-order valence-corrected chi connectivity index (χ4v) is 3.62. The van der Waals surface area contributed by atoms with Gasteiger partial charge in [0.2, 0.25) is 5.91 Å². The Kier molecular flexibility index (Phi) is 5.97. The van der Waals surface area contributed by atoms with Crippen LogP contribution in [-0.4, -0.2) is 42.7 Å². The molecule has 1 aliphatic rings. The molecule has 0 spiro atoms. The molecule has 1 aromatic heterocycles. The zero-order valence-corrected chi connectivity index (χ0v) is 17.2. The molecule has 160 valence electrons. The van der Waals surface area contributed by atoms with E-state index in [1.165, 1.54) is 12.1 Å². The molecule has 3 aromatic rings. The number of benzene rings is 2. The van der Waals surface area contributed by atoms with Crippen LogP contribution in [0.2, 0.25) is 0 Å². The van der Waals surface area contributed by atoms with Crippen LogP contribution in [0, 0.1) is 5.82 Å². The predicted molar refractivity (Wildman–Crippen MR) is 112 cm³/mol. The Morgan fingerprint density at radius 1 is 1.23 bits per heavy atom. The van der Waals surface area contributed by atoms with Gasteiger partial charge in [-0.3, -0.25) is 14.8 Å². The molecule has 2 aromatic carbocycles. The summed E-state index contributed by atoms with van der Waals surface area (Å²) in [6.45, 7) is 0.293. The summed E-state index contributed by atoms with van der Waals surface area (Å²) < 4.78 is 30.7. The number of methoxy groups -OCH3 is 2. The van der Waals surface area contributed by atoms with Gasteiger partial charge in [0.25, 0.3) is 0 Å². The average molecular weight is 423 g/mol. The van der Waals surface area contributed by atoms with Gasteiger partial charge in [-0.15, -0.1) is 0 Å². The second kappa shape index (κ2) is 8.99. The highest BCUT2D eigenvalue weighted by Gasteiger charge is 2.28. The summed E-state index contributed by atoms with van der Waals surface area (Å²) >= 11 is 0. The van der Waals surface area contributed by atoms with Crippen LogP contribution in [0.15, 0.2) is 48.9 Å². The fourth-order valence-electron chi connectivity index (χ4n) is 3.62. The van der Waals surface area contributed by atoms with E-state index >= 15 is 0 Å². The molecular formula is C23H22FN3O4. The van der Waals surface area contributed by atoms with Crippen molar-refractivity contribution in [3.05, 3.63) is 65.9 Å². The zero-order chi connectivity index (χ0) is 21.8. The van der Waals surface area contributed by atoms with E-state index in [-0.39, 0.29) is 24.2 Å². The molecule has 0 radical (unpaired) electrons. The number of nitrogens with zero attached hydrogens (tertiary/aromatic N) is 2. The van der Waals surface area contributed by atoms with Gasteiger partial charge in [-0.2, -0.15) is 0 Å². The minimum Gasteiger partial charge on any atom is -0.497 e. The quantitative estimate of drug-likeness (QED) is 0.629. The van der Waals surface area contributed by atoms with Crippen molar-refractivity contribution < 1.29 is 23.4 Å². The van der Waals surface area contributed by atoms with E-state index in [0.29, 0.717) is 41.5 Å². The molecule has 4 rings (SSSR count). The maximum Gasteiger partial charge on any atom is 0.224 e. The molecule has 7 nitrogen and oxygen atoms in total. The molecule has 1 aliphatic heterocycles. The lowest BCUT2D eigenvalue weighted by atomic mass is 10.0. The van der Waals surface area contributed by atoms with Crippen molar-refractivity contribution in [2.24, 2.45) is 0 Å². The smallest absolute Gasteiger partial charge is 0.224 e. The molecule has 1 N–H and O–H groups in total. The summed E-state index contributed by atoms with van der Waals surface area (Å²) in [4.78, 5) is 20.8. The molecular weight excluding hydrogens is 401 g/mol. The lowest BCUT2D eigenvalue weighted by Crippen LogP contribution is -2.35. The van der Waals surface area contributed by atoms with E-state index in [1.54, 1.807) is 51.0 Å². The molecule has 0 saturated carbocycles. The van der Waals surface area contributed by atoms with Gasteiger partial charge in [0.15, 0.2) is 0 Å².